The Morgan fingerprint density at radius 1 is 1.39 bits per heavy atom. The molecule has 1 amide bonds. The largest absolute Gasteiger partial charge is 0.480 e. The lowest BCUT2D eigenvalue weighted by Gasteiger charge is -2.09. The molecule has 0 radical (unpaired) electrons. The van der Waals surface area contributed by atoms with E-state index in [1.165, 1.54) is 7.11 Å². The SMILES string of the molecule is CCC(SCC(=O)NCCCC(=O)OC)C(=O)O. The van der Waals surface area contributed by atoms with Crippen molar-refractivity contribution < 1.29 is 24.2 Å². The topological polar surface area (TPSA) is 92.7 Å². The number of thioether (sulfide) groups is 1. The molecule has 1 unspecified atom stereocenters. The number of ether oxygens (including phenoxy) is 1. The third-order valence-corrected chi connectivity index (χ3v) is 3.54. The minimum Gasteiger partial charge on any atom is -0.480 e. The average molecular weight is 277 g/mol. The van der Waals surface area contributed by atoms with Crippen molar-refractivity contribution in [1.29, 1.82) is 0 Å². The number of carbonyl (C=O) groups excluding carboxylic acids is 2. The number of esters is 1. The van der Waals surface area contributed by atoms with Crippen LogP contribution in [0.5, 0.6) is 0 Å². The van der Waals surface area contributed by atoms with E-state index in [0.717, 1.165) is 11.8 Å². The van der Waals surface area contributed by atoms with Crippen LogP contribution < -0.4 is 5.32 Å². The fourth-order valence-corrected chi connectivity index (χ4v) is 1.99. The van der Waals surface area contributed by atoms with Crippen molar-refractivity contribution in [2.75, 3.05) is 19.4 Å². The molecule has 0 fully saturated rings. The molecule has 0 heterocycles. The normalized spacial score (nSPS) is 11.7. The number of amides is 1. The van der Waals surface area contributed by atoms with Gasteiger partial charge in [-0.05, 0) is 12.8 Å². The van der Waals surface area contributed by atoms with E-state index in [1.807, 2.05) is 0 Å². The number of hydrogen-bond donors (Lipinski definition) is 2. The molecule has 0 aromatic rings. The third kappa shape index (κ3) is 7.94. The van der Waals surface area contributed by atoms with Crippen LogP contribution in [0, 0.1) is 0 Å². The first kappa shape index (κ1) is 16.8. The summed E-state index contributed by atoms with van der Waals surface area (Å²) in [6.45, 7) is 2.15. The summed E-state index contributed by atoms with van der Waals surface area (Å²) in [5.41, 5.74) is 0. The molecule has 0 rings (SSSR count). The number of aliphatic carboxylic acids is 1. The van der Waals surface area contributed by atoms with Gasteiger partial charge < -0.3 is 15.2 Å². The Bertz CT molecular complexity index is 295. The van der Waals surface area contributed by atoms with Gasteiger partial charge in [-0.25, -0.2) is 0 Å². The monoisotopic (exact) mass is 277 g/mol. The van der Waals surface area contributed by atoms with Crippen molar-refractivity contribution in [3.05, 3.63) is 0 Å². The Labute approximate surface area is 110 Å². The van der Waals surface area contributed by atoms with Crippen LogP contribution in [0.15, 0.2) is 0 Å². The molecule has 0 aliphatic carbocycles. The molecule has 0 aromatic heterocycles. The Morgan fingerprint density at radius 2 is 2.06 bits per heavy atom. The Kier molecular flexibility index (Phi) is 9.08. The molecule has 0 saturated carbocycles. The number of hydrogen-bond acceptors (Lipinski definition) is 5. The summed E-state index contributed by atoms with van der Waals surface area (Å²) >= 11 is 1.10. The van der Waals surface area contributed by atoms with E-state index in [1.54, 1.807) is 6.92 Å². The van der Waals surface area contributed by atoms with E-state index in [9.17, 15) is 14.4 Å². The van der Waals surface area contributed by atoms with Crippen molar-refractivity contribution in [3.63, 3.8) is 0 Å². The molecule has 1 atom stereocenters. The molecule has 104 valence electrons. The highest BCUT2D eigenvalue weighted by Crippen LogP contribution is 2.14. The van der Waals surface area contributed by atoms with Gasteiger partial charge in [0.05, 0.1) is 12.9 Å². The molecule has 6 nitrogen and oxygen atoms in total. The van der Waals surface area contributed by atoms with Crippen LogP contribution in [0.25, 0.3) is 0 Å². The molecule has 0 bridgehead atoms. The van der Waals surface area contributed by atoms with E-state index >= 15 is 0 Å². The molecular formula is C11H19NO5S. The number of carbonyl (C=O) groups is 3. The summed E-state index contributed by atoms with van der Waals surface area (Å²) in [4.78, 5) is 32.8. The van der Waals surface area contributed by atoms with Gasteiger partial charge in [0.2, 0.25) is 5.91 Å². The van der Waals surface area contributed by atoms with Crippen LogP contribution in [0.1, 0.15) is 26.2 Å². The third-order valence-electron chi connectivity index (χ3n) is 2.17. The lowest BCUT2D eigenvalue weighted by atomic mass is 10.3. The van der Waals surface area contributed by atoms with Crippen LogP contribution >= 0.6 is 11.8 Å². The highest BCUT2D eigenvalue weighted by atomic mass is 32.2. The van der Waals surface area contributed by atoms with Gasteiger partial charge in [-0.2, -0.15) is 0 Å². The van der Waals surface area contributed by atoms with Gasteiger partial charge in [0.1, 0.15) is 5.25 Å². The summed E-state index contributed by atoms with van der Waals surface area (Å²) in [6, 6.07) is 0. The van der Waals surface area contributed by atoms with Gasteiger partial charge in [-0.1, -0.05) is 6.92 Å². The predicted octanol–water partition coefficient (Wildman–Crippen LogP) is 0.652. The van der Waals surface area contributed by atoms with Crippen LogP contribution in [0.2, 0.25) is 0 Å². The van der Waals surface area contributed by atoms with Crippen LogP contribution in [-0.2, 0) is 19.1 Å². The summed E-state index contributed by atoms with van der Waals surface area (Å²) < 4.78 is 4.46. The quantitative estimate of drug-likeness (QED) is 0.475. The Hall–Kier alpha value is -1.24. The van der Waals surface area contributed by atoms with E-state index in [2.05, 4.69) is 10.1 Å². The fourth-order valence-electron chi connectivity index (χ4n) is 1.15. The summed E-state index contributed by atoms with van der Waals surface area (Å²) in [7, 11) is 1.31. The van der Waals surface area contributed by atoms with Gasteiger partial charge in [0.15, 0.2) is 0 Å². The highest BCUT2D eigenvalue weighted by Gasteiger charge is 2.16. The van der Waals surface area contributed by atoms with Crippen LogP contribution in [-0.4, -0.2) is 47.6 Å². The smallest absolute Gasteiger partial charge is 0.316 e. The molecule has 0 aliphatic rings. The molecule has 0 spiro atoms. The maximum absolute atomic E-state index is 11.4. The minimum absolute atomic E-state index is 0.114. The Balaban J connectivity index is 3.65. The lowest BCUT2D eigenvalue weighted by Crippen LogP contribution is -2.28. The molecule has 0 aromatic carbocycles. The molecule has 2 N–H and O–H groups in total. The van der Waals surface area contributed by atoms with Gasteiger partial charge >= 0.3 is 11.9 Å². The molecule has 7 heteroatoms. The van der Waals surface area contributed by atoms with Crippen molar-refractivity contribution in [1.82, 2.24) is 5.32 Å². The molecule has 0 saturated heterocycles. The van der Waals surface area contributed by atoms with Gasteiger partial charge in [-0.3, -0.25) is 14.4 Å². The van der Waals surface area contributed by atoms with Crippen molar-refractivity contribution in [3.8, 4) is 0 Å². The van der Waals surface area contributed by atoms with Crippen LogP contribution in [0.4, 0.5) is 0 Å². The minimum atomic E-state index is -0.902. The number of nitrogens with one attached hydrogen (secondary N) is 1. The zero-order chi connectivity index (χ0) is 14.0. The zero-order valence-corrected chi connectivity index (χ0v) is 11.4. The second-order valence-corrected chi connectivity index (χ2v) is 4.77. The Morgan fingerprint density at radius 3 is 2.56 bits per heavy atom. The van der Waals surface area contributed by atoms with Crippen LogP contribution in [0.3, 0.4) is 0 Å². The maximum Gasteiger partial charge on any atom is 0.316 e. The lowest BCUT2D eigenvalue weighted by molar-refractivity contribution is -0.141. The fraction of sp³-hybridized carbons (Fsp3) is 0.727. The predicted molar refractivity (Wildman–Crippen MR) is 68.4 cm³/mol. The van der Waals surface area contributed by atoms with E-state index in [0.29, 0.717) is 19.4 Å². The van der Waals surface area contributed by atoms with Gasteiger partial charge in [0, 0.05) is 13.0 Å². The van der Waals surface area contributed by atoms with Crippen molar-refractivity contribution >= 4 is 29.6 Å². The highest BCUT2D eigenvalue weighted by molar-refractivity contribution is 8.01. The first-order valence-corrected chi connectivity index (χ1v) is 6.74. The second kappa shape index (κ2) is 9.76. The standard InChI is InChI=1S/C11H19NO5S/c1-3-8(11(15)16)18-7-9(13)12-6-4-5-10(14)17-2/h8H,3-7H2,1-2H3,(H,12,13)(H,15,16). The first-order valence-electron chi connectivity index (χ1n) is 5.69. The summed E-state index contributed by atoms with van der Waals surface area (Å²) in [6.07, 6.45) is 1.26. The van der Waals surface area contributed by atoms with Crippen molar-refractivity contribution in [2.24, 2.45) is 0 Å². The molecular weight excluding hydrogens is 258 g/mol. The van der Waals surface area contributed by atoms with Gasteiger partial charge in [0.25, 0.3) is 0 Å². The summed E-state index contributed by atoms with van der Waals surface area (Å²) in [5.74, 6) is -1.32. The van der Waals surface area contributed by atoms with Gasteiger partial charge in [-0.15, -0.1) is 11.8 Å². The molecule has 0 aliphatic heterocycles. The number of carboxylic acid groups (broad SMARTS) is 1. The van der Waals surface area contributed by atoms with E-state index in [-0.39, 0.29) is 24.1 Å². The van der Waals surface area contributed by atoms with E-state index in [4.69, 9.17) is 5.11 Å². The number of methoxy groups -OCH3 is 1. The maximum atomic E-state index is 11.4. The first-order chi connectivity index (χ1) is 8.51. The zero-order valence-electron chi connectivity index (χ0n) is 10.6. The van der Waals surface area contributed by atoms with Crippen molar-refractivity contribution in [2.45, 2.75) is 31.4 Å². The van der Waals surface area contributed by atoms with E-state index < -0.39 is 11.2 Å². The average Bonchev–Trinajstić information content (AvgIpc) is 2.34. The number of carboxylic acids is 1. The number of rotatable bonds is 9. The molecule has 18 heavy (non-hydrogen) atoms. The second-order valence-electron chi connectivity index (χ2n) is 3.58. The summed E-state index contributed by atoms with van der Waals surface area (Å²) in [5, 5.41) is 10.9.